The molecule has 0 radical (unpaired) electrons. The van der Waals surface area contributed by atoms with Crippen molar-refractivity contribution in [3.8, 4) is 0 Å². The van der Waals surface area contributed by atoms with Crippen LogP contribution in [0, 0.1) is 5.92 Å². The van der Waals surface area contributed by atoms with E-state index in [-0.39, 0.29) is 25.2 Å². The number of nitrogens with zero attached hydrogens (tertiary/aromatic N) is 2. The summed E-state index contributed by atoms with van der Waals surface area (Å²) in [7, 11) is 1.88. The first-order valence-corrected chi connectivity index (χ1v) is 15.6. The Hall–Kier alpha value is -1.99. The molecule has 0 aromatic carbocycles. The molecular weight excluding hydrogens is 492 g/mol. The summed E-state index contributed by atoms with van der Waals surface area (Å²) < 4.78 is 19.0. The lowest BCUT2D eigenvalue weighted by atomic mass is 10.0. The van der Waals surface area contributed by atoms with Crippen LogP contribution in [-0.2, 0) is 32.6 Å². The van der Waals surface area contributed by atoms with Crippen LogP contribution in [0.15, 0.2) is 24.4 Å². The highest BCUT2D eigenvalue weighted by molar-refractivity contribution is 5.90. The summed E-state index contributed by atoms with van der Waals surface area (Å²) in [6.07, 6.45) is 20.9. The normalized spacial score (nSPS) is 16.9. The van der Waals surface area contributed by atoms with E-state index >= 15 is 0 Å². The number of hydrogen-bond donors (Lipinski definition) is 0. The molecule has 2 amide bonds. The molecule has 222 valence electrons. The maximum absolute atomic E-state index is 12.6. The Balaban J connectivity index is 1.44. The zero-order valence-electron chi connectivity index (χ0n) is 25.0. The molecule has 1 aliphatic heterocycles. The van der Waals surface area contributed by atoms with Gasteiger partial charge in [-0.15, -0.1) is 0 Å². The Morgan fingerprint density at radius 2 is 1.54 bits per heavy atom. The minimum absolute atomic E-state index is 0.148. The second-order valence-corrected chi connectivity index (χ2v) is 11.2. The van der Waals surface area contributed by atoms with Gasteiger partial charge in [0.25, 0.3) is 0 Å². The van der Waals surface area contributed by atoms with Crippen LogP contribution in [0.3, 0.4) is 0 Å². The summed E-state index contributed by atoms with van der Waals surface area (Å²) in [4.78, 5) is 25.7. The van der Waals surface area contributed by atoms with Gasteiger partial charge in [0.05, 0.1) is 19.3 Å². The van der Waals surface area contributed by atoms with E-state index in [1.165, 1.54) is 90.4 Å². The van der Waals surface area contributed by atoms with Crippen molar-refractivity contribution < 1.29 is 28.4 Å². The summed E-state index contributed by atoms with van der Waals surface area (Å²) in [5, 5.41) is 0. The molecule has 1 saturated heterocycles. The zero-order chi connectivity index (χ0) is 28.1. The summed E-state index contributed by atoms with van der Waals surface area (Å²) in [6.45, 7) is 6.09. The van der Waals surface area contributed by atoms with Gasteiger partial charge in [-0.25, -0.2) is 14.3 Å². The van der Waals surface area contributed by atoms with E-state index in [0.717, 1.165) is 30.0 Å². The van der Waals surface area contributed by atoms with Crippen molar-refractivity contribution in [1.29, 1.82) is 0 Å². The first-order valence-electron chi connectivity index (χ1n) is 15.6. The molecule has 0 saturated carbocycles. The van der Waals surface area contributed by atoms with E-state index in [1.54, 1.807) is 0 Å². The van der Waals surface area contributed by atoms with Crippen LogP contribution in [0.2, 0.25) is 0 Å². The molecule has 1 aliphatic rings. The quantitative estimate of drug-likeness (QED) is 0.124. The molecule has 1 aromatic rings. The predicted molar refractivity (Wildman–Crippen MR) is 154 cm³/mol. The van der Waals surface area contributed by atoms with Gasteiger partial charge in [0.15, 0.2) is 6.20 Å². The van der Waals surface area contributed by atoms with E-state index in [9.17, 15) is 9.59 Å². The molecule has 1 fully saturated rings. The lowest BCUT2D eigenvalue weighted by Gasteiger charge is -2.19. The van der Waals surface area contributed by atoms with E-state index in [2.05, 4.69) is 6.92 Å². The number of unbranched alkanes of at least 4 members (excludes halogenated alkanes) is 13. The molecule has 2 rings (SSSR count). The number of rotatable bonds is 21. The number of ether oxygens (including phenoxy) is 3. The van der Waals surface area contributed by atoms with Gasteiger partial charge in [0.2, 0.25) is 11.6 Å². The fraction of sp³-hybridized carbons (Fsp3) is 0.781. The number of pyridine rings is 1. The summed E-state index contributed by atoms with van der Waals surface area (Å²) in [6, 6.07) is 5.66. The first-order chi connectivity index (χ1) is 19.0. The minimum atomic E-state index is -0.632. The number of aryl methyl sites for hydroxylation is 1. The van der Waals surface area contributed by atoms with E-state index < -0.39 is 6.09 Å². The molecule has 7 nitrogen and oxygen atoms in total. The highest BCUT2D eigenvalue weighted by atomic mass is 16.6. The van der Waals surface area contributed by atoms with Gasteiger partial charge >= 0.3 is 6.09 Å². The van der Waals surface area contributed by atoms with Crippen molar-refractivity contribution in [2.75, 3.05) is 26.4 Å². The van der Waals surface area contributed by atoms with Gasteiger partial charge in [-0.05, 0) is 12.8 Å². The second kappa shape index (κ2) is 20.8. The van der Waals surface area contributed by atoms with Crippen LogP contribution in [0.4, 0.5) is 4.79 Å². The third-order valence-corrected chi connectivity index (χ3v) is 7.64. The highest BCUT2D eigenvalue weighted by Gasteiger charge is 2.29. The van der Waals surface area contributed by atoms with Crippen molar-refractivity contribution in [3.05, 3.63) is 30.1 Å². The van der Waals surface area contributed by atoms with Crippen LogP contribution >= 0.6 is 0 Å². The van der Waals surface area contributed by atoms with Crippen LogP contribution in [0.1, 0.15) is 116 Å². The molecule has 2 heterocycles. The first kappa shape index (κ1) is 33.2. The lowest BCUT2D eigenvalue weighted by molar-refractivity contribution is -0.679. The maximum Gasteiger partial charge on any atom is 0.417 e. The number of aromatic nitrogens is 1. The van der Waals surface area contributed by atoms with E-state index in [1.807, 2.05) is 36.0 Å². The average molecular weight is 548 g/mol. The Morgan fingerprint density at radius 3 is 2.13 bits per heavy atom. The molecular formula is C32H55N2O5+. The summed E-state index contributed by atoms with van der Waals surface area (Å²) in [5.74, 6) is -0.0152. The van der Waals surface area contributed by atoms with Gasteiger partial charge in [-0.1, -0.05) is 96.5 Å². The standard InChI is InChI=1S/C32H55N2O5/c1-4-5-6-7-8-9-10-11-12-13-14-15-16-19-22-37-25-29-23-31(38-26-29)27-39-32(36)34(28(2)35)24-30-20-17-18-21-33(30)3/h17-18,20-21,29,31H,4-16,19,22-27H2,1-3H3/q+1. The number of imide groups is 1. The Labute approximate surface area is 237 Å². The predicted octanol–water partition coefficient (Wildman–Crippen LogP) is 6.90. The van der Waals surface area contributed by atoms with E-state index in [4.69, 9.17) is 14.2 Å². The smallest absolute Gasteiger partial charge is 0.417 e. The third kappa shape index (κ3) is 14.8. The van der Waals surface area contributed by atoms with Crippen LogP contribution in [0.5, 0.6) is 0 Å². The monoisotopic (exact) mass is 547 g/mol. The molecule has 2 unspecified atom stereocenters. The van der Waals surface area contributed by atoms with Gasteiger partial charge in [0, 0.05) is 31.6 Å². The molecule has 7 heteroatoms. The van der Waals surface area contributed by atoms with Crippen molar-refractivity contribution in [3.63, 3.8) is 0 Å². The molecule has 0 spiro atoms. The highest BCUT2D eigenvalue weighted by Crippen LogP contribution is 2.21. The molecule has 1 aromatic heterocycles. The summed E-state index contributed by atoms with van der Waals surface area (Å²) in [5.41, 5.74) is 0.845. The third-order valence-electron chi connectivity index (χ3n) is 7.64. The molecule has 39 heavy (non-hydrogen) atoms. The lowest BCUT2D eigenvalue weighted by Crippen LogP contribution is -2.42. The van der Waals surface area contributed by atoms with Crippen molar-refractivity contribution in [1.82, 2.24) is 4.90 Å². The topological polar surface area (TPSA) is 69.0 Å². The van der Waals surface area contributed by atoms with Gasteiger partial charge in [-0.3, -0.25) is 4.79 Å². The number of amides is 2. The maximum atomic E-state index is 12.6. The van der Waals surface area contributed by atoms with Crippen LogP contribution in [0.25, 0.3) is 0 Å². The molecule has 0 bridgehead atoms. The van der Waals surface area contributed by atoms with Crippen molar-refractivity contribution in [2.24, 2.45) is 13.0 Å². The van der Waals surface area contributed by atoms with Gasteiger partial charge in [0.1, 0.15) is 20.2 Å². The molecule has 0 aliphatic carbocycles. The second-order valence-electron chi connectivity index (χ2n) is 11.2. The zero-order valence-corrected chi connectivity index (χ0v) is 25.0. The fourth-order valence-corrected chi connectivity index (χ4v) is 5.09. The fourth-order valence-electron chi connectivity index (χ4n) is 5.09. The van der Waals surface area contributed by atoms with Crippen LogP contribution in [-0.4, -0.2) is 49.4 Å². The van der Waals surface area contributed by atoms with Gasteiger partial charge in [-0.2, -0.15) is 0 Å². The number of carbonyl (C=O) groups excluding carboxylic acids is 2. The largest absolute Gasteiger partial charge is 0.446 e. The Kier molecular flexibility index (Phi) is 17.8. The van der Waals surface area contributed by atoms with Crippen LogP contribution < -0.4 is 4.57 Å². The number of hydrogen-bond acceptors (Lipinski definition) is 5. The van der Waals surface area contributed by atoms with Gasteiger partial charge < -0.3 is 14.2 Å². The molecule has 2 atom stereocenters. The SMILES string of the molecule is CCCCCCCCCCCCCCCCOCC1COC(COC(=O)N(Cc2cccc[n+]2C)C(C)=O)C1. The Morgan fingerprint density at radius 1 is 0.923 bits per heavy atom. The summed E-state index contributed by atoms with van der Waals surface area (Å²) >= 11 is 0. The average Bonchev–Trinajstić information content (AvgIpc) is 3.38. The van der Waals surface area contributed by atoms with Crippen molar-refractivity contribution >= 4 is 12.0 Å². The van der Waals surface area contributed by atoms with E-state index in [0.29, 0.717) is 19.1 Å². The molecule has 0 N–H and O–H groups in total. The Bertz CT molecular complexity index is 803. The number of carbonyl (C=O) groups is 2. The van der Waals surface area contributed by atoms with Crippen molar-refractivity contribution in [2.45, 2.75) is 123 Å². The minimum Gasteiger partial charge on any atom is -0.446 e.